The predicted molar refractivity (Wildman–Crippen MR) is 86.9 cm³/mol. The molecule has 0 amide bonds. The van der Waals surface area contributed by atoms with E-state index in [1.807, 2.05) is 0 Å². The number of aromatic nitrogens is 1. The Morgan fingerprint density at radius 1 is 1.10 bits per heavy atom. The highest BCUT2D eigenvalue weighted by Crippen LogP contribution is 2.55. The van der Waals surface area contributed by atoms with E-state index < -0.39 is 0 Å². The van der Waals surface area contributed by atoms with Crippen molar-refractivity contribution in [2.45, 2.75) is 52.1 Å². The first-order chi connectivity index (χ1) is 10.1. The molecule has 2 aromatic rings. The third kappa shape index (κ3) is 1.68. The molecule has 108 valence electrons. The zero-order chi connectivity index (χ0) is 14.7. The summed E-state index contributed by atoms with van der Waals surface area (Å²) in [7, 11) is 0. The van der Waals surface area contributed by atoms with Gasteiger partial charge in [0.2, 0.25) is 0 Å². The van der Waals surface area contributed by atoms with E-state index in [-0.39, 0.29) is 0 Å². The van der Waals surface area contributed by atoms with Gasteiger partial charge in [0.05, 0.1) is 17.4 Å². The van der Waals surface area contributed by atoms with E-state index in [9.17, 15) is 0 Å². The van der Waals surface area contributed by atoms with Gasteiger partial charge in [0, 0.05) is 17.7 Å². The molecule has 0 N–H and O–H groups in total. The summed E-state index contributed by atoms with van der Waals surface area (Å²) < 4.78 is 0. The summed E-state index contributed by atoms with van der Waals surface area (Å²) in [5.41, 5.74) is 8.10. The van der Waals surface area contributed by atoms with E-state index in [0.29, 0.717) is 18.0 Å². The molecule has 0 saturated carbocycles. The number of hydrogen-bond acceptors (Lipinski definition) is 2. The number of nitrogens with zero attached hydrogens (tertiary/aromatic N) is 2. The molecule has 2 nitrogen and oxygen atoms in total. The first-order valence-corrected chi connectivity index (χ1v) is 7.90. The van der Waals surface area contributed by atoms with E-state index in [2.05, 4.69) is 62.9 Å². The van der Waals surface area contributed by atoms with Gasteiger partial charge in [-0.15, -0.1) is 0 Å². The molecule has 0 spiro atoms. The van der Waals surface area contributed by atoms with E-state index in [4.69, 9.17) is 4.98 Å². The van der Waals surface area contributed by atoms with Gasteiger partial charge in [0.25, 0.3) is 0 Å². The second kappa shape index (κ2) is 4.33. The number of hydrogen-bond donors (Lipinski definition) is 0. The van der Waals surface area contributed by atoms with Gasteiger partial charge in [0.1, 0.15) is 0 Å². The van der Waals surface area contributed by atoms with Gasteiger partial charge in [-0.05, 0) is 56.9 Å². The number of anilines is 1. The Bertz CT molecular complexity index is 696. The first kappa shape index (κ1) is 12.9. The van der Waals surface area contributed by atoms with Gasteiger partial charge in [0.15, 0.2) is 0 Å². The minimum Gasteiger partial charge on any atom is -0.359 e. The van der Waals surface area contributed by atoms with E-state index in [1.165, 1.54) is 28.9 Å². The van der Waals surface area contributed by atoms with Crippen molar-refractivity contribution in [2.24, 2.45) is 0 Å². The molecule has 21 heavy (non-hydrogen) atoms. The molecule has 1 aliphatic carbocycles. The predicted octanol–water partition coefficient (Wildman–Crippen LogP) is 4.44. The highest BCUT2D eigenvalue weighted by atomic mass is 15.2. The van der Waals surface area contributed by atoms with Crippen LogP contribution in [0.2, 0.25) is 0 Å². The number of fused-ring (bicyclic) bond motifs is 5. The van der Waals surface area contributed by atoms with Gasteiger partial charge in [-0.2, -0.15) is 0 Å². The molecule has 1 saturated heterocycles. The Morgan fingerprint density at radius 2 is 1.81 bits per heavy atom. The van der Waals surface area contributed by atoms with E-state index in [1.54, 1.807) is 5.56 Å². The number of rotatable bonds is 1. The Kier molecular flexibility index (Phi) is 2.66. The number of benzene rings is 1. The zero-order valence-electron chi connectivity index (χ0n) is 13.2. The van der Waals surface area contributed by atoms with Gasteiger partial charge >= 0.3 is 0 Å². The van der Waals surface area contributed by atoms with Crippen LogP contribution in [0.3, 0.4) is 0 Å². The molecule has 0 radical (unpaired) electrons. The van der Waals surface area contributed by atoms with Crippen molar-refractivity contribution in [1.82, 2.24) is 4.98 Å². The van der Waals surface area contributed by atoms with Crippen molar-refractivity contribution in [3.8, 4) is 0 Å². The van der Waals surface area contributed by atoms with E-state index >= 15 is 0 Å². The number of aryl methyl sites for hydroxylation is 3. The zero-order valence-corrected chi connectivity index (χ0v) is 13.2. The summed E-state index contributed by atoms with van der Waals surface area (Å²) in [5, 5.41) is 0. The van der Waals surface area contributed by atoms with Crippen LogP contribution in [0.1, 0.15) is 53.4 Å². The van der Waals surface area contributed by atoms with Crippen molar-refractivity contribution in [3.05, 3.63) is 58.4 Å². The van der Waals surface area contributed by atoms with Gasteiger partial charge in [-0.1, -0.05) is 24.3 Å². The summed E-state index contributed by atoms with van der Waals surface area (Å²) >= 11 is 0. The highest BCUT2D eigenvalue weighted by Gasteiger charge is 2.47. The summed E-state index contributed by atoms with van der Waals surface area (Å²) in [6.07, 6.45) is 1.26. The molecule has 2 aliphatic rings. The summed E-state index contributed by atoms with van der Waals surface area (Å²) in [4.78, 5) is 7.34. The van der Waals surface area contributed by atoms with Crippen molar-refractivity contribution in [2.75, 3.05) is 4.90 Å². The lowest BCUT2D eigenvalue weighted by molar-refractivity contribution is 0.611. The van der Waals surface area contributed by atoms with Crippen LogP contribution in [0.4, 0.5) is 5.69 Å². The molecule has 2 heterocycles. The standard InChI is InChI=1S/C19H22N2/c1-11-9-12(2)20-13(3)19(11)21-14(4)17-10-18(21)16-8-6-5-7-15(16)17/h5-9,14,17-18H,10H2,1-4H3. The van der Waals surface area contributed by atoms with Gasteiger partial charge in [-0.3, -0.25) is 4.98 Å². The molecule has 2 heteroatoms. The molecule has 1 aliphatic heterocycles. The third-order valence-electron chi connectivity index (χ3n) is 5.33. The van der Waals surface area contributed by atoms with E-state index in [0.717, 1.165) is 5.69 Å². The van der Waals surface area contributed by atoms with Gasteiger partial charge in [-0.25, -0.2) is 0 Å². The lowest BCUT2D eigenvalue weighted by atomic mass is 9.92. The molecule has 4 rings (SSSR count). The molecule has 1 fully saturated rings. The Morgan fingerprint density at radius 3 is 2.52 bits per heavy atom. The summed E-state index contributed by atoms with van der Waals surface area (Å²) in [5.74, 6) is 0.673. The van der Waals surface area contributed by atoms with Crippen molar-refractivity contribution in [3.63, 3.8) is 0 Å². The molecule has 2 bridgehead atoms. The van der Waals surface area contributed by atoms with Crippen LogP contribution in [0.15, 0.2) is 30.3 Å². The van der Waals surface area contributed by atoms with Crippen LogP contribution in [0.25, 0.3) is 0 Å². The second-order valence-electron chi connectivity index (χ2n) is 6.65. The number of pyridine rings is 1. The molecule has 3 atom stereocenters. The van der Waals surface area contributed by atoms with Crippen molar-refractivity contribution in [1.29, 1.82) is 0 Å². The summed E-state index contributed by atoms with van der Waals surface area (Å²) in [6, 6.07) is 12.3. The fourth-order valence-corrected chi connectivity index (χ4v) is 4.61. The average Bonchev–Trinajstić information content (AvgIpc) is 2.95. The minimum atomic E-state index is 0.531. The lowest BCUT2D eigenvalue weighted by Gasteiger charge is -2.38. The highest BCUT2D eigenvalue weighted by molar-refractivity contribution is 5.64. The fourth-order valence-electron chi connectivity index (χ4n) is 4.61. The maximum absolute atomic E-state index is 4.71. The largest absolute Gasteiger partial charge is 0.359 e. The van der Waals surface area contributed by atoms with Crippen LogP contribution in [0.5, 0.6) is 0 Å². The minimum absolute atomic E-state index is 0.531. The maximum Gasteiger partial charge on any atom is 0.0620 e. The first-order valence-electron chi connectivity index (χ1n) is 7.90. The van der Waals surface area contributed by atoms with Crippen LogP contribution in [-0.4, -0.2) is 11.0 Å². The molecule has 3 unspecified atom stereocenters. The maximum atomic E-state index is 4.71. The van der Waals surface area contributed by atoms with Gasteiger partial charge < -0.3 is 4.90 Å². The second-order valence-corrected chi connectivity index (χ2v) is 6.65. The molecular weight excluding hydrogens is 256 g/mol. The smallest absolute Gasteiger partial charge is 0.0620 e. The quantitative estimate of drug-likeness (QED) is 0.766. The average molecular weight is 278 g/mol. The lowest BCUT2D eigenvalue weighted by Crippen LogP contribution is -2.36. The Labute approximate surface area is 126 Å². The monoisotopic (exact) mass is 278 g/mol. The fraction of sp³-hybridized carbons (Fsp3) is 0.421. The van der Waals surface area contributed by atoms with Crippen molar-refractivity contribution >= 4 is 5.69 Å². The SMILES string of the molecule is Cc1cc(C)c(N2C3CC(c4ccccc43)C2C)c(C)n1. The topological polar surface area (TPSA) is 16.1 Å². The third-order valence-corrected chi connectivity index (χ3v) is 5.33. The van der Waals surface area contributed by atoms with Crippen LogP contribution in [0, 0.1) is 20.8 Å². The normalized spacial score (nSPS) is 26.3. The molecular formula is C19H22N2. The Balaban J connectivity index is 1.86. The van der Waals surface area contributed by atoms with Crippen LogP contribution < -0.4 is 4.90 Å². The molecule has 1 aromatic heterocycles. The van der Waals surface area contributed by atoms with Crippen LogP contribution in [-0.2, 0) is 0 Å². The summed E-state index contributed by atoms with van der Waals surface area (Å²) in [6.45, 7) is 8.83. The molecule has 1 aromatic carbocycles. The van der Waals surface area contributed by atoms with Crippen molar-refractivity contribution < 1.29 is 0 Å². The van der Waals surface area contributed by atoms with Crippen LogP contribution >= 0.6 is 0 Å². The Hall–Kier alpha value is -1.83.